The van der Waals surface area contributed by atoms with Gasteiger partial charge >= 0.3 is 11.7 Å². The summed E-state index contributed by atoms with van der Waals surface area (Å²) in [5.74, 6) is -1.23. The number of hydrogen-bond donors (Lipinski definition) is 2. The lowest BCUT2D eigenvalue weighted by molar-refractivity contribution is -0.385. The molecule has 0 radical (unpaired) electrons. The molecule has 0 saturated carbocycles. The van der Waals surface area contributed by atoms with E-state index >= 15 is 0 Å². The molecule has 0 spiro atoms. The number of methoxy groups -OCH3 is 1. The molecule has 0 aliphatic heterocycles. The van der Waals surface area contributed by atoms with Crippen LogP contribution in [-0.4, -0.2) is 23.1 Å². The van der Waals surface area contributed by atoms with Gasteiger partial charge < -0.3 is 15.6 Å². The largest absolute Gasteiger partial charge is 0.490 e. The Balaban J connectivity index is 3.18. The van der Waals surface area contributed by atoms with Gasteiger partial charge in [-0.15, -0.1) is 0 Å². The lowest BCUT2D eigenvalue weighted by Gasteiger charge is -2.08. The van der Waals surface area contributed by atoms with Crippen molar-refractivity contribution in [3.63, 3.8) is 0 Å². The highest BCUT2D eigenvalue weighted by Crippen LogP contribution is 2.29. The van der Waals surface area contributed by atoms with E-state index in [0.29, 0.717) is 0 Å². The van der Waals surface area contributed by atoms with Crippen LogP contribution in [0.1, 0.15) is 11.6 Å². The van der Waals surface area contributed by atoms with Crippen molar-refractivity contribution in [3.05, 3.63) is 33.9 Å². The van der Waals surface area contributed by atoms with Crippen LogP contribution in [0.25, 0.3) is 0 Å². The smallest absolute Gasteiger partial charge is 0.325 e. The van der Waals surface area contributed by atoms with E-state index in [1.807, 2.05) is 0 Å². The van der Waals surface area contributed by atoms with Gasteiger partial charge in [0.05, 0.1) is 12.0 Å². The van der Waals surface area contributed by atoms with E-state index in [-0.39, 0.29) is 17.0 Å². The molecule has 1 aromatic rings. The Morgan fingerprint density at radius 2 is 2.25 bits per heavy atom. The van der Waals surface area contributed by atoms with Gasteiger partial charge in [0.1, 0.15) is 6.04 Å². The number of benzene rings is 1. The molecule has 0 bridgehead atoms. The monoisotopic (exact) mass is 226 g/mol. The Kier molecular flexibility index (Phi) is 3.41. The number of carboxylic acids is 1. The van der Waals surface area contributed by atoms with Crippen molar-refractivity contribution in [2.75, 3.05) is 7.11 Å². The van der Waals surface area contributed by atoms with Crippen molar-refractivity contribution in [2.45, 2.75) is 6.04 Å². The number of aliphatic carboxylic acids is 1. The highest BCUT2D eigenvalue weighted by atomic mass is 16.6. The fourth-order valence-electron chi connectivity index (χ4n) is 1.18. The van der Waals surface area contributed by atoms with Crippen molar-refractivity contribution in [1.82, 2.24) is 0 Å². The number of nitro groups is 1. The Morgan fingerprint density at radius 1 is 1.62 bits per heavy atom. The maximum absolute atomic E-state index is 10.6. The molecule has 0 saturated heterocycles. The molecule has 0 aliphatic rings. The number of ether oxygens (including phenoxy) is 1. The zero-order valence-corrected chi connectivity index (χ0v) is 8.41. The third kappa shape index (κ3) is 2.26. The second kappa shape index (κ2) is 4.58. The van der Waals surface area contributed by atoms with Gasteiger partial charge in [-0.1, -0.05) is 0 Å². The number of nitrogens with two attached hydrogens (primary N) is 1. The first-order valence-corrected chi connectivity index (χ1v) is 4.28. The molecule has 0 fully saturated rings. The van der Waals surface area contributed by atoms with Gasteiger partial charge in [-0.25, -0.2) is 0 Å². The maximum Gasteiger partial charge on any atom is 0.325 e. The molecule has 1 aromatic carbocycles. The summed E-state index contributed by atoms with van der Waals surface area (Å²) in [5.41, 5.74) is 5.38. The predicted molar refractivity (Wildman–Crippen MR) is 54.2 cm³/mol. The summed E-state index contributed by atoms with van der Waals surface area (Å²) in [6.07, 6.45) is 0. The van der Waals surface area contributed by atoms with Crippen molar-refractivity contribution in [2.24, 2.45) is 5.73 Å². The quantitative estimate of drug-likeness (QED) is 0.576. The van der Waals surface area contributed by atoms with Gasteiger partial charge in [0.25, 0.3) is 0 Å². The van der Waals surface area contributed by atoms with E-state index in [0.717, 1.165) is 6.07 Å². The van der Waals surface area contributed by atoms with E-state index in [4.69, 9.17) is 15.6 Å². The topological polar surface area (TPSA) is 116 Å². The highest BCUT2D eigenvalue weighted by Gasteiger charge is 2.20. The molecule has 16 heavy (non-hydrogen) atoms. The van der Waals surface area contributed by atoms with Crippen LogP contribution >= 0.6 is 0 Å². The van der Waals surface area contributed by atoms with E-state index in [1.165, 1.54) is 19.2 Å². The van der Waals surface area contributed by atoms with E-state index in [2.05, 4.69) is 0 Å². The van der Waals surface area contributed by atoms with Crippen molar-refractivity contribution in [3.8, 4) is 5.75 Å². The average Bonchev–Trinajstić information content (AvgIpc) is 2.26. The van der Waals surface area contributed by atoms with Gasteiger partial charge in [-0.2, -0.15) is 0 Å². The molecule has 1 unspecified atom stereocenters. The number of carboxylic acid groups (broad SMARTS) is 1. The Labute approximate surface area is 90.6 Å². The fraction of sp³-hybridized carbons (Fsp3) is 0.222. The summed E-state index contributed by atoms with van der Waals surface area (Å²) in [5, 5.41) is 19.3. The van der Waals surface area contributed by atoms with Gasteiger partial charge in [0.2, 0.25) is 0 Å². The first-order valence-electron chi connectivity index (χ1n) is 4.28. The van der Waals surface area contributed by atoms with Gasteiger partial charge in [-0.05, 0) is 17.7 Å². The number of hydrogen-bond acceptors (Lipinski definition) is 5. The second-order valence-electron chi connectivity index (χ2n) is 3.00. The summed E-state index contributed by atoms with van der Waals surface area (Å²) < 4.78 is 4.79. The standard InChI is InChI=1S/C9H10N2O5/c1-16-7-4-5(8(10)9(12)13)2-3-6(7)11(14)15/h2-4,8H,10H2,1H3,(H,12,13). The minimum atomic E-state index is -1.23. The van der Waals surface area contributed by atoms with Crippen molar-refractivity contribution >= 4 is 11.7 Å². The molecule has 0 heterocycles. The lowest BCUT2D eigenvalue weighted by atomic mass is 10.1. The predicted octanol–water partition coefficient (Wildman–Crippen LogP) is 0.688. The van der Waals surface area contributed by atoms with Crippen LogP contribution in [0.4, 0.5) is 5.69 Å². The second-order valence-corrected chi connectivity index (χ2v) is 3.00. The van der Waals surface area contributed by atoms with E-state index < -0.39 is 16.9 Å². The van der Waals surface area contributed by atoms with Crippen LogP contribution in [0.3, 0.4) is 0 Å². The molecule has 7 nitrogen and oxygen atoms in total. The normalized spacial score (nSPS) is 11.9. The SMILES string of the molecule is COc1cc(C(N)C(=O)O)ccc1[N+](=O)[O-]. The highest BCUT2D eigenvalue weighted by molar-refractivity contribution is 5.75. The molecule has 0 aromatic heterocycles. The molecule has 1 atom stereocenters. The van der Waals surface area contributed by atoms with Crippen LogP contribution in [0.2, 0.25) is 0 Å². The summed E-state index contributed by atoms with van der Waals surface area (Å²) >= 11 is 0. The van der Waals surface area contributed by atoms with E-state index in [1.54, 1.807) is 0 Å². The Hall–Kier alpha value is -2.15. The summed E-state index contributed by atoms with van der Waals surface area (Å²) in [7, 11) is 1.26. The maximum atomic E-state index is 10.6. The summed E-state index contributed by atoms with van der Waals surface area (Å²) in [6.45, 7) is 0. The van der Waals surface area contributed by atoms with Gasteiger partial charge in [-0.3, -0.25) is 14.9 Å². The minimum Gasteiger partial charge on any atom is -0.490 e. The number of carbonyl (C=O) groups is 1. The first-order chi connectivity index (χ1) is 7.47. The molecule has 3 N–H and O–H groups in total. The first kappa shape index (κ1) is 11.9. The number of nitro benzene ring substituents is 1. The Bertz CT molecular complexity index is 432. The zero-order chi connectivity index (χ0) is 12.3. The van der Waals surface area contributed by atoms with Crippen LogP contribution < -0.4 is 10.5 Å². The van der Waals surface area contributed by atoms with Crippen LogP contribution in [0.5, 0.6) is 5.75 Å². The fourth-order valence-corrected chi connectivity index (χ4v) is 1.18. The molecule has 1 rings (SSSR count). The zero-order valence-electron chi connectivity index (χ0n) is 8.41. The Morgan fingerprint density at radius 3 is 2.69 bits per heavy atom. The lowest BCUT2D eigenvalue weighted by Crippen LogP contribution is -2.20. The van der Waals surface area contributed by atoms with Crippen LogP contribution in [0, 0.1) is 10.1 Å². The molecular formula is C9H10N2O5. The van der Waals surface area contributed by atoms with E-state index in [9.17, 15) is 14.9 Å². The number of nitrogens with zero attached hydrogens (tertiary/aromatic N) is 1. The molecular weight excluding hydrogens is 216 g/mol. The third-order valence-electron chi connectivity index (χ3n) is 2.03. The molecule has 0 amide bonds. The average molecular weight is 226 g/mol. The minimum absolute atomic E-state index is 0.0146. The molecule has 7 heteroatoms. The summed E-state index contributed by atoms with van der Waals surface area (Å²) in [6, 6.07) is 2.47. The van der Waals surface area contributed by atoms with Gasteiger partial charge in [0.15, 0.2) is 5.75 Å². The molecule has 86 valence electrons. The van der Waals surface area contributed by atoms with Crippen molar-refractivity contribution in [1.29, 1.82) is 0 Å². The summed E-state index contributed by atoms with van der Waals surface area (Å²) in [4.78, 5) is 20.6. The third-order valence-corrected chi connectivity index (χ3v) is 2.03. The van der Waals surface area contributed by atoms with Crippen LogP contribution in [0.15, 0.2) is 18.2 Å². The number of rotatable bonds is 4. The van der Waals surface area contributed by atoms with Gasteiger partial charge in [0, 0.05) is 6.07 Å². The van der Waals surface area contributed by atoms with Crippen LogP contribution in [-0.2, 0) is 4.79 Å². The van der Waals surface area contributed by atoms with Crippen molar-refractivity contribution < 1.29 is 19.6 Å². The molecule has 0 aliphatic carbocycles.